The Bertz CT molecular complexity index is 882. The molecule has 142 valence electrons. The van der Waals surface area contributed by atoms with E-state index < -0.39 is 15.5 Å². The molecule has 1 aromatic carbocycles. The number of anilines is 1. The molecule has 5 nitrogen and oxygen atoms in total. The number of rotatable bonds is 7. The number of nitrogens with zero attached hydrogens (tertiary/aromatic N) is 1. The molecule has 11 heteroatoms. The highest BCUT2D eigenvalue weighted by atomic mass is 35.5. The number of benzene rings is 1. The van der Waals surface area contributed by atoms with Crippen LogP contribution in [0, 0.1) is 0 Å². The lowest BCUT2D eigenvalue weighted by Gasteiger charge is -2.15. The first-order valence-corrected chi connectivity index (χ1v) is 9.98. The van der Waals surface area contributed by atoms with Crippen molar-refractivity contribution in [1.29, 1.82) is 0 Å². The third kappa shape index (κ3) is 5.12. The maximum atomic E-state index is 12.6. The molecule has 0 fully saturated rings. The molecule has 1 N–H and O–H groups in total. The number of halogens is 4. The molecule has 2 aromatic rings. The summed E-state index contributed by atoms with van der Waals surface area (Å²) < 4.78 is 62.3. The van der Waals surface area contributed by atoms with E-state index in [-0.39, 0.29) is 35.0 Å². The standard InChI is InChI=1S/C15H14ClF3N2O3S2/c1-2-13(20-24-9-11-4-3-7-25-11)12-8-10(16)5-6-14(12)21-26(22,23)15(17,18)19/h3-8,21H,2,9H2,1H3/b20-13-. The molecular formula is C15H14ClF3N2O3S2. The molecule has 0 saturated carbocycles. The van der Waals surface area contributed by atoms with Crippen molar-refractivity contribution in [3.05, 3.63) is 51.2 Å². The Labute approximate surface area is 157 Å². The quantitative estimate of drug-likeness (QED) is 0.500. The number of hydrogen-bond donors (Lipinski definition) is 1. The fourth-order valence-corrected chi connectivity index (χ4v) is 3.28. The maximum absolute atomic E-state index is 12.6. The molecule has 0 bridgehead atoms. The minimum Gasteiger partial charge on any atom is -0.390 e. The Hall–Kier alpha value is -1.78. The lowest BCUT2D eigenvalue weighted by molar-refractivity contribution is -0.0429. The zero-order chi connectivity index (χ0) is 19.4. The zero-order valence-corrected chi connectivity index (χ0v) is 15.8. The summed E-state index contributed by atoms with van der Waals surface area (Å²) in [5.41, 5.74) is -5.36. The number of alkyl halides is 3. The molecule has 0 atom stereocenters. The van der Waals surface area contributed by atoms with Gasteiger partial charge in [0.25, 0.3) is 0 Å². The summed E-state index contributed by atoms with van der Waals surface area (Å²) in [4.78, 5) is 6.14. The molecule has 2 rings (SSSR count). The van der Waals surface area contributed by atoms with Gasteiger partial charge in [-0.3, -0.25) is 4.72 Å². The normalized spacial score (nSPS) is 12.9. The molecule has 0 aliphatic rings. The van der Waals surface area contributed by atoms with Crippen LogP contribution in [0.15, 0.2) is 40.9 Å². The molecule has 0 amide bonds. The maximum Gasteiger partial charge on any atom is 0.516 e. The molecule has 1 heterocycles. The molecule has 0 aliphatic carbocycles. The van der Waals surface area contributed by atoms with Crippen LogP contribution in [0.1, 0.15) is 23.8 Å². The van der Waals surface area contributed by atoms with Gasteiger partial charge in [-0.05, 0) is 36.1 Å². The lowest BCUT2D eigenvalue weighted by atomic mass is 10.1. The van der Waals surface area contributed by atoms with Gasteiger partial charge in [-0.1, -0.05) is 29.7 Å². The van der Waals surface area contributed by atoms with Gasteiger partial charge in [0, 0.05) is 15.5 Å². The Morgan fingerprint density at radius 1 is 1.35 bits per heavy atom. The van der Waals surface area contributed by atoms with Gasteiger partial charge >= 0.3 is 15.5 Å². The van der Waals surface area contributed by atoms with Crippen LogP contribution in [0.4, 0.5) is 18.9 Å². The second kappa shape index (κ2) is 8.28. The predicted molar refractivity (Wildman–Crippen MR) is 96.0 cm³/mol. The lowest BCUT2D eigenvalue weighted by Crippen LogP contribution is -2.30. The van der Waals surface area contributed by atoms with E-state index in [0.717, 1.165) is 10.9 Å². The van der Waals surface area contributed by atoms with Gasteiger partial charge in [0.2, 0.25) is 0 Å². The van der Waals surface area contributed by atoms with Crippen molar-refractivity contribution in [1.82, 2.24) is 0 Å². The van der Waals surface area contributed by atoms with Crippen molar-refractivity contribution in [2.45, 2.75) is 25.5 Å². The predicted octanol–water partition coefficient (Wildman–Crippen LogP) is 4.99. The molecule has 0 radical (unpaired) electrons. The van der Waals surface area contributed by atoms with Crippen LogP contribution in [0.3, 0.4) is 0 Å². The molecule has 0 spiro atoms. The summed E-state index contributed by atoms with van der Waals surface area (Å²) in [6.07, 6.45) is 0.283. The van der Waals surface area contributed by atoms with E-state index in [1.807, 2.05) is 17.5 Å². The average molecular weight is 427 g/mol. The first-order valence-electron chi connectivity index (χ1n) is 7.24. The third-order valence-electron chi connectivity index (χ3n) is 3.14. The Kier molecular flexibility index (Phi) is 6.53. The van der Waals surface area contributed by atoms with E-state index in [1.54, 1.807) is 6.92 Å². The van der Waals surface area contributed by atoms with Gasteiger partial charge in [0.1, 0.15) is 0 Å². The highest BCUT2D eigenvalue weighted by Crippen LogP contribution is 2.29. The van der Waals surface area contributed by atoms with E-state index in [4.69, 9.17) is 16.4 Å². The zero-order valence-electron chi connectivity index (χ0n) is 13.4. The van der Waals surface area contributed by atoms with Crippen LogP contribution in [0.2, 0.25) is 5.02 Å². The molecule has 26 heavy (non-hydrogen) atoms. The summed E-state index contributed by atoms with van der Waals surface area (Å²) in [5, 5.41) is 6.01. The minimum atomic E-state index is -5.57. The van der Waals surface area contributed by atoms with Gasteiger partial charge in [0.15, 0.2) is 6.61 Å². The molecule has 1 aromatic heterocycles. The number of sulfonamides is 1. The SMILES string of the molecule is CC/C(=N/OCc1cccs1)c1cc(Cl)ccc1NS(=O)(=O)C(F)(F)F. The van der Waals surface area contributed by atoms with E-state index in [2.05, 4.69) is 5.16 Å². The van der Waals surface area contributed by atoms with Crippen molar-refractivity contribution in [2.75, 3.05) is 4.72 Å². The van der Waals surface area contributed by atoms with Crippen LogP contribution < -0.4 is 4.72 Å². The molecule has 0 unspecified atom stereocenters. The summed E-state index contributed by atoms with van der Waals surface area (Å²) in [5.74, 6) is 0. The van der Waals surface area contributed by atoms with Crippen LogP contribution >= 0.6 is 22.9 Å². The highest BCUT2D eigenvalue weighted by Gasteiger charge is 2.46. The van der Waals surface area contributed by atoms with Crippen molar-refractivity contribution in [2.24, 2.45) is 5.16 Å². The van der Waals surface area contributed by atoms with Crippen molar-refractivity contribution in [3.63, 3.8) is 0 Å². The topological polar surface area (TPSA) is 67.8 Å². The summed E-state index contributed by atoms with van der Waals surface area (Å²) in [6, 6.07) is 7.43. The first kappa shape index (κ1) is 20.5. The summed E-state index contributed by atoms with van der Waals surface area (Å²) in [6.45, 7) is 1.89. The van der Waals surface area contributed by atoms with Crippen molar-refractivity contribution >= 4 is 44.4 Å². The second-order valence-electron chi connectivity index (χ2n) is 4.99. The Balaban J connectivity index is 2.32. The molecule has 0 aliphatic heterocycles. The van der Waals surface area contributed by atoms with Crippen molar-refractivity contribution in [3.8, 4) is 0 Å². The molecule has 0 saturated heterocycles. The fourth-order valence-electron chi connectivity index (χ4n) is 1.92. The first-order chi connectivity index (χ1) is 12.1. The van der Waals surface area contributed by atoms with Crippen molar-refractivity contribution < 1.29 is 26.4 Å². The van der Waals surface area contributed by atoms with E-state index in [1.165, 1.54) is 28.2 Å². The number of thiophene rings is 1. The van der Waals surface area contributed by atoms with E-state index in [9.17, 15) is 21.6 Å². The second-order valence-corrected chi connectivity index (χ2v) is 8.13. The Morgan fingerprint density at radius 3 is 2.65 bits per heavy atom. The van der Waals surface area contributed by atoms with Crippen LogP contribution in [-0.2, 0) is 21.5 Å². The van der Waals surface area contributed by atoms with Gasteiger partial charge in [-0.25, -0.2) is 0 Å². The monoisotopic (exact) mass is 426 g/mol. The number of nitrogens with one attached hydrogen (secondary N) is 1. The van der Waals surface area contributed by atoms with Crippen LogP contribution in [0.25, 0.3) is 0 Å². The van der Waals surface area contributed by atoms with E-state index in [0.29, 0.717) is 0 Å². The van der Waals surface area contributed by atoms with Gasteiger partial charge in [-0.15, -0.1) is 11.3 Å². The summed E-state index contributed by atoms with van der Waals surface area (Å²) >= 11 is 7.36. The number of hydrogen-bond acceptors (Lipinski definition) is 5. The van der Waals surface area contributed by atoms with E-state index >= 15 is 0 Å². The molecular weight excluding hydrogens is 413 g/mol. The van der Waals surface area contributed by atoms with Crippen LogP contribution in [0.5, 0.6) is 0 Å². The summed E-state index contributed by atoms with van der Waals surface area (Å²) in [7, 11) is -5.57. The largest absolute Gasteiger partial charge is 0.516 e. The smallest absolute Gasteiger partial charge is 0.390 e. The highest BCUT2D eigenvalue weighted by molar-refractivity contribution is 7.93. The Morgan fingerprint density at radius 2 is 2.08 bits per heavy atom. The average Bonchev–Trinajstić information content (AvgIpc) is 3.05. The number of oxime groups is 1. The van der Waals surface area contributed by atoms with Gasteiger partial charge in [-0.2, -0.15) is 21.6 Å². The fraction of sp³-hybridized carbons (Fsp3) is 0.267. The minimum absolute atomic E-state index is 0.110. The van der Waals surface area contributed by atoms with Gasteiger partial charge in [0.05, 0.1) is 11.4 Å². The van der Waals surface area contributed by atoms with Crippen LogP contribution in [-0.4, -0.2) is 19.6 Å². The van der Waals surface area contributed by atoms with Gasteiger partial charge < -0.3 is 4.84 Å². The third-order valence-corrected chi connectivity index (χ3v) is 5.32.